The van der Waals surface area contributed by atoms with Crippen molar-refractivity contribution >= 4 is 0 Å². The molecule has 1 heterocycles. The van der Waals surface area contributed by atoms with Crippen LogP contribution in [0, 0.1) is 0 Å². The van der Waals surface area contributed by atoms with E-state index in [4.69, 9.17) is 4.74 Å². The molecule has 0 amide bonds. The highest BCUT2D eigenvalue weighted by Crippen LogP contribution is 2.14. The highest BCUT2D eigenvalue weighted by molar-refractivity contribution is 5.04. The van der Waals surface area contributed by atoms with Gasteiger partial charge in [-0.3, -0.25) is 0 Å². The Morgan fingerprint density at radius 1 is 1.78 bits per heavy atom. The molecule has 1 nitrogen and oxygen atoms in total. The molecule has 0 N–H and O–H groups in total. The third kappa shape index (κ3) is 1.92. The molecule has 0 atom stereocenters. The molecule has 0 bridgehead atoms. The second-order valence-corrected chi connectivity index (χ2v) is 2.24. The third-order valence-corrected chi connectivity index (χ3v) is 1.42. The number of hydrogen-bond acceptors (Lipinski definition) is 1. The summed E-state index contributed by atoms with van der Waals surface area (Å²) in [6, 6.07) is 0. The summed E-state index contributed by atoms with van der Waals surface area (Å²) >= 11 is 0. The number of ether oxygens (including phenoxy) is 1. The monoisotopic (exact) mass is 124 g/mol. The summed E-state index contributed by atoms with van der Waals surface area (Å²) in [5.41, 5.74) is 1.37. The fourth-order valence-corrected chi connectivity index (χ4v) is 0.954. The first kappa shape index (κ1) is 6.40. The molecule has 0 saturated carbocycles. The summed E-state index contributed by atoms with van der Waals surface area (Å²) in [5.74, 6) is 0. The maximum Gasteiger partial charge on any atom is 0.0876 e. The summed E-state index contributed by atoms with van der Waals surface area (Å²) in [4.78, 5) is 0. The van der Waals surface area contributed by atoms with Gasteiger partial charge in [0.05, 0.1) is 12.9 Å². The topological polar surface area (TPSA) is 9.23 Å². The van der Waals surface area contributed by atoms with Crippen molar-refractivity contribution in [3.8, 4) is 0 Å². The van der Waals surface area contributed by atoms with Crippen molar-refractivity contribution in [1.82, 2.24) is 0 Å². The molecule has 0 aromatic heterocycles. The van der Waals surface area contributed by atoms with Crippen LogP contribution in [-0.2, 0) is 4.74 Å². The van der Waals surface area contributed by atoms with Gasteiger partial charge in [-0.2, -0.15) is 0 Å². The average molecular weight is 124 g/mol. The average Bonchev–Trinajstić information content (AvgIpc) is 1.91. The summed E-state index contributed by atoms with van der Waals surface area (Å²) in [6.07, 6.45) is 7.12. The molecule has 1 aliphatic rings. The largest absolute Gasteiger partial charge is 0.501 e. The molecular weight excluding hydrogens is 112 g/mol. The first-order valence-electron chi connectivity index (χ1n) is 3.34. The minimum Gasteiger partial charge on any atom is -0.501 e. The smallest absolute Gasteiger partial charge is 0.0876 e. The Balaban J connectivity index is 2.36. The predicted molar refractivity (Wildman–Crippen MR) is 38.1 cm³/mol. The lowest BCUT2D eigenvalue weighted by atomic mass is 10.1. The first-order chi connectivity index (χ1) is 4.43. The Labute approximate surface area is 56.0 Å². The second kappa shape index (κ2) is 3.33. The number of rotatable bonds is 2. The zero-order chi connectivity index (χ0) is 6.53. The van der Waals surface area contributed by atoms with Gasteiger partial charge in [0.15, 0.2) is 0 Å². The van der Waals surface area contributed by atoms with Crippen LogP contribution >= 0.6 is 0 Å². The number of hydrogen-bond donors (Lipinski definition) is 0. The van der Waals surface area contributed by atoms with Gasteiger partial charge in [-0.1, -0.05) is 6.08 Å². The summed E-state index contributed by atoms with van der Waals surface area (Å²) in [6.45, 7) is 4.55. The molecule has 0 aliphatic carbocycles. The lowest BCUT2D eigenvalue weighted by Gasteiger charge is -2.11. The lowest BCUT2D eigenvalue weighted by molar-refractivity contribution is 0.224. The van der Waals surface area contributed by atoms with Crippen molar-refractivity contribution in [1.29, 1.82) is 0 Å². The van der Waals surface area contributed by atoms with Crippen LogP contribution in [-0.4, -0.2) is 6.61 Å². The summed E-state index contributed by atoms with van der Waals surface area (Å²) < 4.78 is 5.12. The van der Waals surface area contributed by atoms with Crippen LogP contribution in [0.3, 0.4) is 0 Å². The molecule has 1 aliphatic heterocycles. The van der Waals surface area contributed by atoms with Gasteiger partial charge in [0, 0.05) is 0 Å². The van der Waals surface area contributed by atoms with Crippen LogP contribution in [0.5, 0.6) is 0 Å². The molecular formula is C8H12O. The van der Waals surface area contributed by atoms with Gasteiger partial charge in [-0.15, -0.1) is 6.58 Å². The normalized spacial score (nSPS) is 18.0. The van der Waals surface area contributed by atoms with E-state index >= 15 is 0 Å². The van der Waals surface area contributed by atoms with Crippen LogP contribution < -0.4 is 0 Å². The minimum absolute atomic E-state index is 0.890. The maximum absolute atomic E-state index is 5.12. The van der Waals surface area contributed by atoms with Crippen LogP contribution in [0.4, 0.5) is 0 Å². The molecule has 0 saturated heterocycles. The van der Waals surface area contributed by atoms with E-state index in [0.29, 0.717) is 0 Å². The van der Waals surface area contributed by atoms with Crippen molar-refractivity contribution in [2.24, 2.45) is 0 Å². The summed E-state index contributed by atoms with van der Waals surface area (Å²) in [5, 5.41) is 0. The fourth-order valence-electron chi connectivity index (χ4n) is 0.954. The van der Waals surface area contributed by atoms with Crippen LogP contribution in [0.25, 0.3) is 0 Å². The molecule has 9 heavy (non-hydrogen) atoms. The molecule has 0 unspecified atom stereocenters. The van der Waals surface area contributed by atoms with E-state index in [1.54, 1.807) is 0 Å². The molecule has 1 heteroatoms. The molecule has 0 aromatic rings. The van der Waals surface area contributed by atoms with Crippen LogP contribution in [0.1, 0.15) is 19.3 Å². The van der Waals surface area contributed by atoms with Gasteiger partial charge in [-0.05, 0) is 24.8 Å². The Bertz CT molecular complexity index is 125. The van der Waals surface area contributed by atoms with Gasteiger partial charge >= 0.3 is 0 Å². The van der Waals surface area contributed by atoms with E-state index < -0.39 is 0 Å². The Morgan fingerprint density at radius 3 is 3.22 bits per heavy atom. The van der Waals surface area contributed by atoms with Crippen molar-refractivity contribution in [2.75, 3.05) is 6.61 Å². The minimum atomic E-state index is 0.890. The molecule has 0 fully saturated rings. The van der Waals surface area contributed by atoms with Crippen molar-refractivity contribution in [3.05, 3.63) is 24.5 Å². The van der Waals surface area contributed by atoms with E-state index in [2.05, 4.69) is 6.58 Å². The Morgan fingerprint density at radius 2 is 2.67 bits per heavy atom. The number of allylic oxidation sites excluding steroid dienone is 2. The van der Waals surface area contributed by atoms with Crippen molar-refractivity contribution < 1.29 is 4.74 Å². The van der Waals surface area contributed by atoms with Crippen LogP contribution in [0.2, 0.25) is 0 Å². The molecule has 1 rings (SSSR count). The summed E-state index contributed by atoms with van der Waals surface area (Å²) in [7, 11) is 0. The zero-order valence-corrected chi connectivity index (χ0v) is 5.60. The van der Waals surface area contributed by atoms with E-state index in [-0.39, 0.29) is 0 Å². The van der Waals surface area contributed by atoms with E-state index in [9.17, 15) is 0 Å². The molecule has 50 valence electrons. The van der Waals surface area contributed by atoms with Gasteiger partial charge in [0.25, 0.3) is 0 Å². The van der Waals surface area contributed by atoms with E-state index in [1.807, 2.05) is 12.3 Å². The molecule has 0 aromatic carbocycles. The molecule has 0 spiro atoms. The van der Waals surface area contributed by atoms with Crippen LogP contribution in [0.15, 0.2) is 24.5 Å². The van der Waals surface area contributed by atoms with Crippen molar-refractivity contribution in [2.45, 2.75) is 19.3 Å². The standard InChI is InChI=1S/C8H12O/c1-2-4-8-5-3-6-9-7-8/h2,7H,1,3-6H2. The lowest BCUT2D eigenvalue weighted by Crippen LogP contribution is -1.97. The first-order valence-corrected chi connectivity index (χ1v) is 3.34. The highest BCUT2D eigenvalue weighted by atomic mass is 16.5. The van der Waals surface area contributed by atoms with Gasteiger partial charge in [0.2, 0.25) is 0 Å². The van der Waals surface area contributed by atoms with Gasteiger partial charge in [0.1, 0.15) is 0 Å². The SMILES string of the molecule is C=CCC1=COCCC1. The maximum atomic E-state index is 5.12. The predicted octanol–water partition coefficient (Wildman–Crippen LogP) is 2.26. The zero-order valence-electron chi connectivity index (χ0n) is 5.60. The highest BCUT2D eigenvalue weighted by Gasteiger charge is 2.00. The van der Waals surface area contributed by atoms with Gasteiger partial charge < -0.3 is 4.74 Å². The second-order valence-electron chi connectivity index (χ2n) is 2.24. The molecule has 0 radical (unpaired) electrons. The van der Waals surface area contributed by atoms with Gasteiger partial charge in [-0.25, -0.2) is 0 Å². The fraction of sp³-hybridized carbons (Fsp3) is 0.500. The Kier molecular flexibility index (Phi) is 2.37. The Hall–Kier alpha value is -0.720. The quantitative estimate of drug-likeness (QED) is 0.513. The third-order valence-electron chi connectivity index (χ3n) is 1.42. The van der Waals surface area contributed by atoms with Crippen molar-refractivity contribution in [3.63, 3.8) is 0 Å². The van der Waals surface area contributed by atoms with E-state index in [0.717, 1.165) is 13.0 Å². The van der Waals surface area contributed by atoms with E-state index in [1.165, 1.54) is 18.4 Å².